The Hall–Kier alpha value is -3.31. The van der Waals surface area contributed by atoms with E-state index in [1.54, 1.807) is 24.3 Å². The first kappa shape index (κ1) is 27.7. The quantitative estimate of drug-likeness (QED) is 0.586. The molecule has 2 aromatic carbocycles. The number of benzene rings is 2. The number of carbonyl (C=O) groups is 3. The minimum absolute atomic E-state index is 0.0207. The molecule has 0 aliphatic carbocycles. The first-order chi connectivity index (χ1) is 18.0. The summed E-state index contributed by atoms with van der Waals surface area (Å²) >= 11 is 6.30. The summed E-state index contributed by atoms with van der Waals surface area (Å²) < 4.78 is 45.0. The Morgan fingerprint density at radius 2 is 1.92 bits per heavy atom. The van der Waals surface area contributed by atoms with Crippen LogP contribution in [0.2, 0.25) is 5.02 Å². The molecule has 2 aliphatic heterocycles. The molecule has 4 rings (SSSR count). The van der Waals surface area contributed by atoms with Crippen LogP contribution in [0.4, 0.5) is 18.0 Å². The molecule has 2 fully saturated rings. The van der Waals surface area contributed by atoms with Gasteiger partial charge in [0.15, 0.2) is 0 Å². The van der Waals surface area contributed by atoms with E-state index in [1.807, 2.05) is 0 Å². The zero-order valence-electron chi connectivity index (χ0n) is 20.7. The van der Waals surface area contributed by atoms with E-state index in [2.05, 4.69) is 0 Å². The standard InChI is InChI=1S/C26H28ClF3N4O4/c1-16-10-17(12-19(11-16)26(28,29)30)15-38-25(37)33-9-7-23(35)34-21(6-8-31)24(36)32(14-22(33)34)13-18-4-2-3-5-20(18)27/h2-5,10-12,21-22H,6-9,13-15,31H2,1H3/t21-,22+/m0/s1. The van der Waals surface area contributed by atoms with Gasteiger partial charge in [-0.1, -0.05) is 41.4 Å². The topological polar surface area (TPSA) is 96.2 Å². The van der Waals surface area contributed by atoms with Crippen LogP contribution in [0.5, 0.6) is 0 Å². The third-order valence-electron chi connectivity index (χ3n) is 6.67. The third-order valence-corrected chi connectivity index (χ3v) is 7.04. The molecule has 204 valence electrons. The van der Waals surface area contributed by atoms with Crippen LogP contribution in [0.15, 0.2) is 42.5 Å². The van der Waals surface area contributed by atoms with Crippen molar-refractivity contribution in [3.63, 3.8) is 0 Å². The molecule has 0 radical (unpaired) electrons. The van der Waals surface area contributed by atoms with Gasteiger partial charge in [-0.2, -0.15) is 13.2 Å². The summed E-state index contributed by atoms with van der Waals surface area (Å²) in [7, 11) is 0. The predicted octanol–water partition coefficient (Wildman–Crippen LogP) is 3.92. The van der Waals surface area contributed by atoms with Crippen molar-refractivity contribution in [1.82, 2.24) is 14.7 Å². The van der Waals surface area contributed by atoms with E-state index in [4.69, 9.17) is 22.1 Å². The summed E-state index contributed by atoms with van der Waals surface area (Å²) in [6.07, 6.45) is -5.96. The molecule has 0 unspecified atom stereocenters. The maximum atomic E-state index is 13.4. The van der Waals surface area contributed by atoms with Crippen molar-refractivity contribution in [3.05, 3.63) is 69.7 Å². The van der Waals surface area contributed by atoms with Gasteiger partial charge in [-0.15, -0.1) is 0 Å². The van der Waals surface area contributed by atoms with Gasteiger partial charge in [0.05, 0.1) is 12.1 Å². The summed E-state index contributed by atoms with van der Waals surface area (Å²) in [6, 6.07) is 9.66. The fraction of sp³-hybridized carbons (Fsp3) is 0.423. The number of aryl methyl sites for hydroxylation is 1. The monoisotopic (exact) mass is 552 g/mol. The number of nitrogens with zero attached hydrogens (tertiary/aromatic N) is 3. The molecule has 8 nitrogen and oxygen atoms in total. The second-order valence-electron chi connectivity index (χ2n) is 9.39. The maximum Gasteiger partial charge on any atom is 0.416 e. The van der Waals surface area contributed by atoms with Crippen LogP contribution in [0.3, 0.4) is 0 Å². The Balaban J connectivity index is 1.56. The molecule has 0 saturated carbocycles. The highest BCUT2D eigenvalue weighted by molar-refractivity contribution is 6.31. The fourth-order valence-electron chi connectivity index (χ4n) is 4.94. The van der Waals surface area contributed by atoms with E-state index < -0.39 is 30.0 Å². The number of ether oxygens (including phenoxy) is 1. The molecule has 2 aromatic rings. The van der Waals surface area contributed by atoms with Crippen molar-refractivity contribution in [2.75, 3.05) is 19.6 Å². The molecule has 3 amide bonds. The van der Waals surface area contributed by atoms with E-state index in [0.717, 1.165) is 12.1 Å². The first-order valence-corrected chi connectivity index (χ1v) is 12.5. The summed E-state index contributed by atoms with van der Waals surface area (Å²) in [4.78, 5) is 43.7. The molecule has 0 bridgehead atoms. The lowest BCUT2D eigenvalue weighted by Gasteiger charge is -2.51. The first-order valence-electron chi connectivity index (χ1n) is 12.1. The van der Waals surface area contributed by atoms with E-state index in [9.17, 15) is 27.6 Å². The minimum Gasteiger partial charge on any atom is -0.444 e. The Morgan fingerprint density at radius 1 is 1.18 bits per heavy atom. The van der Waals surface area contributed by atoms with Gasteiger partial charge in [0.2, 0.25) is 11.8 Å². The van der Waals surface area contributed by atoms with E-state index in [1.165, 1.54) is 27.7 Å². The lowest BCUT2D eigenvalue weighted by atomic mass is 10.0. The molecule has 2 aliphatic rings. The van der Waals surface area contributed by atoms with Crippen molar-refractivity contribution in [1.29, 1.82) is 0 Å². The molecule has 0 spiro atoms. The summed E-state index contributed by atoms with van der Waals surface area (Å²) in [5.74, 6) is -0.577. The van der Waals surface area contributed by atoms with Gasteiger partial charge < -0.3 is 20.3 Å². The number of hydrogen-bond donors (Lipinski definition) is 1. The Bertz CT molecular complexity index is 1230. The van der Waals surface area contributed by atoms with E-state index in [-0.39, 0.29) is 63.0 Å². The fourth-order valence-corrected chi connectivity index (χ4v) is 5.14. The van der Waals surface area contributed by atoms with Crippen molar-refractivity contribution in [3.8, 4) is 0 Å². The van der Waals surface area contributed by atoms with Gasteiger partial charge in [0, 0.05) is 24.5 Å². The largest absolute Gasteiger partial charge is 0.444 e. The SMILES string of the molecule is Cc1cc(COC(=O)N2CCC(=O)N3[C@@H]2CN(Cc2ccccc2Cl)C(=O)[C@@H]3CCN)cc(C(F)(F)F)c1. The number of carbonyl (C=O) groups excluding carboxylic acids is 3. The summed E-state index contributed by atoms with van der Waals surface area (Å²) in [5, 5.41) is 0.477. The normalized spacial score (nSPS) is 20.0. The minimum atomic E-state index is -4.53. The highest BCUT2D eigenvalue weighted by Gasteiger charge is 2.48. The average Bonchev–Trinajstić information content (AvgIpc) is 2.85. The third kappa shape index (κ3) is 5.88. The Labute approximate surface area is 223 Å². The van der Waals surface area contributed by atoms with Gasteiger partial charge >= 0.3 is 12.3 Å². The van der Waals surface area contributed by atoms with Gasteiger partial charge in [0.25, 0.3) is 0 Å². The number of rotatable bonds is 6. The lowest BCUT2D eigenvalue weighted by molar-refractivity contribution is -0.168. The Morgan fingerprint density at radius 3 is 2.61 bits per heavy atom. The van der Waals surface area contributed by atoms with Crippen molar-refractivity contribution in [2.45, 2.75) is 51.3 Å². The molecule has 12 heteroatoms. The van der Waals surface area contributed by atoms with Crippen LogP contribution < -0.4 is 5.73 Å². The van der Waals surface area contributed by atoms with Crippen molar-refractivity contribution >= 4 is 29.5 Å². The van der Waals surface area contributed by atoms with Gasteiger partial charge in [-0.3, -0.25) is 14.5 Å². The zero-order chi connectivity index (χ0) is 27.6. The van der Waals surface area contributed by atoms with E-state index in [0.29, 0.717) is 16.1 Å². The predicted molar refractivity (Wildman–Crippen MR) is 133 cm³/mol. The van der Waals surface area contributed by atoms with Gasteiger partial charge in [-0.25, -0.2) is 4.79 Å². The molecular formula is C26H28ClF3N4O4. The number of alkyl halides is 3. The molecule has 2 saturated heterocycles. The molecule has 0 aromatic heterocycles. The van der Waals surface area contributed by atoms with Crippen molar-refractivity contribution < 1.29 is 32.3 Å². The Kier molecular flexibility index (Phi) is 8.17. The number of piperazine rings is 1. The molecule has 2 atom stereocenters. The highest BCUT2D eigenvalue weighted by atomic mass is 35.5. The number of fused-ring (bicyclic) bond motifs is 1. The number of hydrogen-bond acceptors (Lipinski definition) is 5. The van der Waals surface area contributed by atoms with Gasteiger partial charge in [0.1, 0.15) is 18.8 Å². The van der Waals surface area contributed by atoms with Crippen LogP contribution in [0.25, 0.3) is 0 Å². The average molecular weight is 553 g/mol. The van der Waals surface area contributed by atoms with Crippen molar-refractivity contribution in [2.24, 2.45) is 5.73 Å². The zero-order valence-corrected chi connectivity index (χ0v) is 21.5. The number of amides is 3. The summed E-state index contributed by atoms with van der Waals surface area (Å²) in [6.45, 7) is 1.53. The lowest BCUT2D eigenvalue weighted by Crippen LogP contribution is -2.71. The molecule has 2 N–H and O–H groups in total. The highest BCUT2D eigenvalue weighted by Crippen LogP contribution is 2.32. The van der Waals surface area contributed by atoms with Gasteiger partial charge in [-0.05, 0) is 49.2 Å². The second-order valence-corrected chi connectivity index (χ2v) is 9.80. The van der Waals surface area contributed by atoms with Crippen LogP contribution in [-0.4, -0.2) is 64.4 Å². The molecule has 2 heterocycles. The van der Waals surface area contributed by atoms with Crippen LogP contribution >= 0.6 is 11.6 Å². The molecular weight excluding hydrogens is 525 g/mol. The smallest absolute Gasteiger partial charge is 0.416 e. The van der Waals surface area contributed by atoms with E-state index >= 15 is 0 Å². The molecule has 38 heavy (non-hydrogen) atoms. The van der Waals surface area contributed by atoms with Crippen LogP contribution in [0, 0.1) is 6.92 Å². The van der Waals surface area contributed by atoms with Crippen LogP contribution in [0.1, 0.15) is 35.1 Å². The number of nitrogens with two attached hydrogens (primary N) is 1. The maximum absolute atomic E-state index is 13.4. The number of halogens is 4. The second kappa shape index (κ2) is 11.2. The summed E-state index contributed by atoms with van der Waals surface area (Å²) in [5.41, 5.74) is 6.21. The van der Waals surface area contributed by atoms with Crippen LogP contribution in [-0.2, 0) is 33.7 Å².